The van der Waals surface area contributed by atoms with Gasteiger partial charge in [0, 0.05) is 39.1 Å². The SMILES string of the molecule is COCCN1C(=O)N[C@@H]2CN(C(=O)c3cccc4nccn34)CC[C@@H]21. The number of amides is 3. The summed E-state index contributed by atoms with van der Waals surface area (Å²) in [5.74, 6) is -0.0355. The molecule has 8 heteroatoms. The van der Waals surface area contributed by atoms with Gasteiger partial charge < -0.3 is 19.9 Å². The lowest BCUT2D eigenvalue weighted by atomic mass is 9.99. The molecule has 2 aliphatic heterocycles. The summed E-state index contributed by atoms with van der Waals surface area (Å²) in [5, 5.41) is 3.00. The number of pyridine rings is 1. The molecule has 3 amide bonds. The number of nitrogens with one attached hydrogen (secondary N) is 1. The second-order valence-electron chi connectivity index (χ2n) is 6.42. The zero-order valence-corrected chi connectivity index (χ0v) is 14.1. The van der Waals surface area contributed by atoms with Crippen LogP contribution in [0.5, 0.6) is 0 Å². The normalized spacial score (nSPS) is 23.0. The molecule has 0 aliphatic carbocycles. The van der Waals surface area contributed by atoms with Crippen molar-refractivity contribution in [3.8, 4) is 0 Å². The van der Waals surface area contributed by atoms with Gasteiger partial charge in [-0.3, -0.25) is 9.20 Å². The van der Waals surface area contributed by atoms with E-state index in [0.29, 0.717) is 31.9 Å². The van der Waals surface area contributed by atoms with Gasteiger partial charge in [0.2, 0.25) is 0 Å². The molecule has 0 unspecified atom stereocenters. The molecule has 1 N–H and O–H groups in total. The van der Waals surface area contributed by atoms with Crippen molar-refractivity contribution in [3.05, 3.63) is 36.3 Å². The van der Waals surface area contributed by atoms with Crippen molar-refractivity contribution in [2.75, 3.05) is 33.4 Å². The molecule has 2 aromatic heterocycles. The molecule has 0 saturated carbocycles. The number of aromatic nitrogens is 2. The molecule has 0 bridgehead atoms. The third kappa shape index (κ3) is 2.72. The maximum absolute atomic E-state index is 13.0. The Bertz CT molecular complexity index is 804. The summed E-state index contributed by atoms with van der Waals surface area (Å²) in [6.45, 7) is 2.24. The van der Waals surface area contributed by atoms with E-state index in [1.807, 2.05) is 21.9 Å². The van der Waals surface area contributed by atoms with Crippen molar-refractivity contribution in [1.82, 2.24) is 24.5 Å². The Balaban J connectivity index is 1.50. The fraction of sp³-hybridized carbons (Fsp3) is 0.471. The van der Waals surface area contributed by atoms with Crippen LogP contribution in [-0.2, 0) is 4.74 Å². The van der Waals surface area contributed by atoms with Gasteiger partial charge in [0.25, 0.3) is 5.91 Å². The summed E-state index contributed by atoms with van der Waals surface area (Å²) < 4.78 is 6.89. The lowest BCUT2D eigenvalue weighted by Gasteiger charge is -2.36. The number of carbonyl (C=O) groups excluding carboxylic acids is 2. The van der Waals surface area contributed by atoms with Crippen LogP contribution in [0.15, 0.2) is 30.6 Å². The zero-order chi connectivity index (χ0) is 17.4. The first kappa shape index (κ1) is 15.9. The topological polar surface area (TPSA) is 79.2 Å². The second kappa shape index (κ2) is 6.36. The lowest BCUT2D eigenvalue weighted by molar-refractivity contribution is 0.0635. The Labute approximate surface area is 145 Å². The number of likely N-dealkylation sites (tertiary alicyclic amines) is 1. The van der Waals surface area contributed by atoms with E-state index in [0.717, 1.165) is 12.1 Å². The predicted molar refractivity (Wildman–Crippen MR) is 90.4 cm³/mol. The van der Waals surface area contributed by atoms with Crippen LogP contribution in [0, 0.1) is 0 Å². The summed E-state index contributed by atoms with van der Waals surface area (Å²) in [7, 11) is 1.63. The van der Waals surface area contributed by atoms with Crippen LogP contribution in [-0.4, -0.2) is 76.6 Å². The molecule has 25 heavy (non-hydrogen) atoms. The molecule has 2 aromatic rings. The molecule has 4 rings (SSSR count). The largest absolute Gasteiger partial charge is 0.383 e. The van der Waals surface area contributed by atoms with Gasteiger partial charge in [-0.25, -0.2) is 9.78 Å². The highest BCUT2D eigenvalue weighted by molar-refractivity contribution is 5.93. The Morgan fingerprint density at radius 2 is 2.32 bits per heavy atom. The zero-order valence-electron chi connectivity index (χ0n) is 14.1. The van der Waals surface area contributed by atoms with Crippen LogP contribution in [0.25, 0.3) is 5.65 Å². The maximum Gasteiger partial charge on any atom is 0.318 e. The number of ether oxygens (including phenoxy) is 1. The number of hydrogen-bond acceptors (Lipinski definition) is 4. The van der Waals surface area contributed by atoms with Crippen molar-refractivity contribution < 1.29 is 14.3 Å². The number of methoxy groups -OCH3 is 1. The van der Waals surface area contributed by atoms with E-state index < -0.39 is 0 Å². The van der Waals surface area contributed by atoms with Crippen LogP contribution in [0.2, 0.25) is 0 Å². The fourth-order valence-electron chi connectivity index (χ4n) is 3.77. The molecular formula is C17H21N5O3. The fourth-order valence-corrected chi connectivity index (χ4v) is 3.77. The van der Waals surface area contributed by atoms with Crippen molar-refractivity contribution in [2.45, 2.75) is 18.5 Å². The van der Waals surface area contributed by atoms with E-state index in [1.54, 1.807) is 30.0 Å². The summed E-state index contributed by atoms with van der Waals surface area (Å²) in [6, 6.07) is 5.53. The molecule has 0 aromatic carbocycles. The Morgan fingerprint density at radius 1 is 1.44 bits per heavy atom. The van der Waals surface area contributed by atoms with Crippen molar-refractivity contribution in [3.63, 3.8) is 0 Å². The number of fused-ring (bicyclic) bond motifs is 2. The molecule has 2 aliphatic rings. The van der Waals surface area contributed by atoms with E-state index in [4.69, 9.17) is 4.74 Å². The number of urea groups is 1. The number of imidazole rings is 1. The molecule has 2 atom stereocenters. The molecular weight excluding hydrogens is 322 g/mol. The van der Waals surface area contributed by atoms with Crippen LogP contribution in [0.1, 0.15) is 16.9 Å². The number of rotatable bonds is 4. The first-order valence-electron chi connectivity index (χ1n) is 8.46. The molecule has 0 spiro atoms. The highest BCUT2D eigenvalue weighted by Gasteiger charge is 2.43. The van der Waals surface area contributed by atoms with Gasteiger partial charge in [-0.1, -0.05) is 6.07 Å². The minimum absolute atomic E-state index is 0.0355. The minimum Gasteiger partial charge on any atom is -0.383 e. The predicted octanol–water partition coefficient (Wildman–Crippen LogP) is 0.589. The number of carbonyl (C=O) groups is 2. The molecule has 8 nitrogen and oxygen atoms in total. The summed E-state index contributed by atoms with van der Waals surface area (Å²) >= 11 is 0. The molecule has 2 saturated heterocycles. The highest BCUT2D eigenvalue weighted by atomic mass is 16.5. The average Bonchev–Trinajstić information content (AvgIpc) is 3.22. The Hall–Kier alpha value is -2.61. The van der Waals surface area contributed by atoms with Crippen LogP contribution in [0.4, 0.5) is 4.79 Å². The van der Waals surface area contributed by atoms with Gasteiger partial charge in [-0.2, -0.15) is 0 Å². The van der Waals surface area contributed by atoms with Gasteiger partial charge in [-0.05, 0) is 18.6 Å². The van der Waals surface area contributed by atoms with E-state index in [1.165, 1.54) is 0 Å². The van der Waals surface area contributed by atoms with Gasteiger partial charge in [0.1, 0.15) is 11.3 Å². The summed E-state index contributed by atoms with van der Waals surface area (Å²) in [4.78, 5) is 33.0. The lowest BCUT2D eigenvalue weighted by Crippen LogP contribution is -2.53. The Morgan fingerprint density at radius 3 is 3.16 bits per heavy atom. The quantitative estimate of drug-likeness (QED) is 0.881. The minimum atomic E-state index is -0.0712. The summed E-state index contributed by atoms with van der Waals surface area (Å²) in [6.07, 6.45) is 4.24. The molecule has 0 radical (unpaired) electrons. The first-order valence-corrected chi connectivity index (χ1v) is 8.46. The number of nitrogens with zero attached hydrogens (tertiary/aromatic N) is 4. The third-order valence-corrected chi connectivity index (χ3v) is 5.02. The molecule has 132 valence electrons. The van der Waals surface area contributed by atoms with E-state index in [-0.39, 0.29) is 24.0 Å². The van der Waals surface area contributed by atoms with Crippen molar-refractivity contribution in [2.24, 2.45) is 0 Å². The molecule has 2 fully saturated rings. The maximum atomic E-state index is 13.0. The average molecular weight is 343 g/mol. The van der Waals surface area contributed by atoms with Crippen molar-refractivity contribution >= 4 is 17.6 Å². The van der Waals surface area contributed by atoms with Crippen LogP contribution in [0.3, 0.4) is 0 Å². The summed E-state index contributed by atoms with van der Waals surface area (Å²) in [5.41, 5.74) is 1.34. The highest BCUT2D eigenvalue weighted by Crippen LogP contribution is 2.24. The van der Waals surface area contributed by atoms with Gasteiger partial charge in [-0.15, -0.1) is 0 Å². The van der Waals surface area contributed by atoms with Gasteiger partial charge in [0.05, 0.1) is 18.7 Å². The van der Waals surface area contributed by atoms with Crippen molar-refractivity contribution in [1.29, 1.82) is 0 Å². The van der Waals surface area contributed by atoms with Crippen LogP contribution >= 0.6 is 0 Å². The van der Waals surface area contributed by atoms with E-state index >= 15 is 0 Å². The first-order chi connectivity index (χ1) is 12.2. The third-order valence-electron chi connectivity index (χ3n) is 5.02. The number of hydrogen-bond donors (Lipinski definition) is 1. The van der Waals surface area contributed by atoms with Gasteiger partial charge >= 0.3 is 6.03 Å². The van der Waals surface area contributed by atoms with E-state index in [2.05, 4.69) is 10.3 Å². The Kier molecular flexibility index (Phi) is 4.04. The number of piperidine rings is 1. The second-order valence-corrected chi connectivity index (χ2v) is 6.42. The standard InChI is InChI=1S/C17H21N5O3/c1-25-10-9-22-13-5-7-20(11-12(13)19-17(22)24)16(23)14-3-2-4-15-18-6-8-21(14)15/h2-4,6,8,12-13H,5,7,9-11H2,1H3,(H,19,24)/t12-,13+/m1/s1. The molecule has 4 heterocycles. The smallest absolute Gasteiger partial charge is 0.318 e. The monoisotopic (exact) mass is 343 g/mol. The van der Waals surface area contributed by atoms with E-state index in [9.17, 15) is 9.59 Å². The van der Waals surface area contributed by atoms with Gasteiger partial charge in [0.15, 0.2) is 0 Å². The van der Waals surface area contributed by atoms with Crippen LogP contribution < -0.4 is 5.32 Å².